The van der Waals surface area contributed by atoms with E-state index in [1.807, 2.05) is 31.2 Å². The summed E-state index contributed by atoms with van der Waals surface area (Å²) in [5.41, 5.74) is -2.70. The van der Waals surface area contributed by atoms with Gasteiger partial charge in [-0.1, -0.05) is 24.3 Å². The lowest BCUT2D eigenvalue weighted by atomic mass is 9.79. The lowest BCUT2D eigenvalue weighted by Gasteiger charge is -2.42. The number of carbonyl (C=O) groups is 1. The van der Waals surface area contributed by atoms with Crippen molar-refractivity contribution in [2.45, 2.75) is 56.9 Å². The molecule has 1 saturated heterocycles. The lowest BCUT2D eigenvalue weighted by molar-refractivity contribution is -0.144. The third-order valence-electron chi connectivity index (χ3n) is 6.70. The Hall–Kier alpha value is -2.55. The fourth-order valence-electron chi connectivity index (χ4n) is 4.66. The van der Waals surface area contributed by atoms with E-state index in [9.17, 15) is 31.1 Å². The molecule has 0 radical (unpaired) electrons. The molecule has 3 rings (SSSR count). The standard InChI is InChI=1S/C25H28F6N2O/c1-15-7-5-6-8-19(15)20-14-32-10-9-21(20)33(4)22(34)23(2,3)16-11-17(24(26,27)28)13-18(12-16)25(29,30)31/h5-8,11-13,20-21,32H,9-10,14H2,1-4H3/t20-,21+/m0/s1. The van der Waals surface area contributed by atoms with Crippen molar-refractivity contribution in [3.8, 4) is 0 Å². The molecule has 1 fully saturated rings. The van der Waals surface area contributed by atoms with Gasteiger partial charge in [0.25, 0.3) is 0 Å². The number of hydrogen-bond donors (Lipinski definition) is 1. The van der Waals surface area contributed by atoms with Crippen molar-refractivity contribution in [1.29, 1.82) is 0 Å². The van der Waals surface area contributed by atoms with Crippen LogP contribution < -0.4 is 5.32 Å². The quantitative estimate of drug-likeness (QED) is 0.545. The Kier molecular flexibility index (Phi) is 7.09. The number of nitrogens with zero attached hydrogens (tertiary/aromatic N) is 1. The number of piperidine rings is 1. The van der Waals surface area contributed by atoms with Crippen LogP contribution in [0.25, 0.3) is 0 Å². The summed E-state index contributed by atoms with van der Waals surface area (Å²) in [5.74, 6) is -0.600. The van der Waals surface area contributed by atoms with Crippen molar-refractivity contribution >= 4 is 5.91 Å². The highest BCUT2D eigenvalue weighted by Gasteiger charge is 2.43. The molecule has 1 aliphatic heterocycles. The van der Waals surface area contributed by atoms with Gasteiger partial charge in [0.05, 0.1) is 16.5 Å². The normalized spacial score (nSPS) is 19.7. The van der Waals surface area contributed by atoms with Gasteiger partial charge in [-0.05, 0) is 68.6 Å². The Labute approximate surface area is 195 Å². The predicted molar refractivity (Wildman–Crippen MR) is 117 cm³/mol. The molecule has 1 N–H and O–H groups in total. The molecule has 186 valence electrons. The predicted octanol–water partition coefficient (Wildman–Crippen LogP) is 5.91. The molecule has 2 aromatic rings. The van der Waals surface area contributed by atoms with Crippen LogP contribution >= 0.6 is 0 Å². The van der Waals surface area contributed by atoms with E-state index in [2.05, 4.69) is 5.32 Å². The number of benzene rings is 2. The highest BCUT2D eigenvalue weighted by molar-refractivity contribution is 5.87. The highest BCUT2D eigenvalue weighted by atomic mass is 19.4. The van der Waals surface area contributed by atoms with Gasteiger partial charge in [0, 0.05) is 25.6 Å². The number of likely N-dealkylation sites (N-methyl/N-ethyl adjacent to an activating group) is 1. The Morgan fingerprint density at radius 3 is 2.00 bits per heavy atom. The SMILES string of the molecule is Cc1ccccc1[C@@H]1CNCC[C@H]1N(C)C(=O)C(C)(C)c1cc(C(F)(F)F)cc(C(F)(F)F)c1. The second-order valence-electron chi connectivity index (χ2n) is 9.36. The summed E-state index contributed by atoms with van der Waals surface area (Å²) in [5, 5.41) is 3.31. The van der Waals surface area contributed by atoms with E-state index in [0.717, 1.165) is 11.1 Å². The van der Waals surface area contributed by atoms with Crippen LogP contribution in [0.3, 0.4) is 0 Å². The van der Waals surface area contributed by atoms with Gasteiger partial charge in [-0.2, -0.15) is 26.3 Å². The van der Waals surface area contributed by atoms with Crippen LogP contribution in [0.4, 0.5) is 26.3 Å². The number of hydrogen-bond acceptors (Lipinski definition) is 2. The lowest BCUT2D eigenvalue weighted by Crippen LogP contribution is -2.53. The first-order chi connectivity index (χ1) is 15.6. The molecule has 2 aromatic carbocycles. The summed E-state index contributed by atoms with van der Waals surface area (Å²) in [6, 6.07) is 8.86. The Bertz CT molecular complexity index is 1010. The summed E-state index contributed by atoms with van der Waals surface area (Å²) in [7, 11) is 1.57. The third-order valence-corrected chi connectivity index (χ3v) is 6.70. The molecule has 0 aliphatic carbocycles. The number of rotatable bonds is 4. The van der Waals surface area contributed by atoms with Crippen molar-refractivity contribution < 1.29 is 31.1 Å². The molecule has 3 nitrogen and oxygen atoms in total. The highest BCUT2D eigenvalue weighted by Crippen LogP contribution is 2.40. The molecule has 0 spiro atoms. The van der Waals surface area contributed by atoms with Crippen LogP contribution in [-0.4, -0.2) is 37.0 Å². The van der Waals surface area contributed by atoms with Gasteiger partial charge in [-0.25, -0.2) is 0 Å². The smallest absolute Gasteiger partial charge is 0.341 e. The minimum atomic E-state index is -4.98. The molecule has 0 saturated carbocycles. The molecule has 1 heterocycles. The molecule has 1 amide bonds. The number of alkyl halides is 6. The second kappa shape index (κ2) is 9.24. The second-order valence-corrected chi connectivity index (χ2v) is 9.36. The van der Waals surface area contributed by atoms with E-state index in [0.29, 0.717) is 31.6 Å². The zero-order chi connectivity index (χ0) is 25.5. The minimum Gasteiger partial charge on any atom is -0.341 e. The zero-order valence-corrected chi connectivity index (χ0v) is 19.4. The fraction of sp³-hybridized carbons (Fsp3) is 0.480. The molecule has 9 heteroatoms. The molecule has 1 aliphatic rings. The average molecular weight is 487 g/mol. The molecular formula is C25H28F6N2O. The number of nitrogens with one attached hydrogen (secondary N) is 1. The van der Waals surface area contributed by atoms with Crippen LogP contribution in [0, 0.1) is 6.92 Å². The van der Waals surface area contributed by atoms with E-state index in [1.165, 1.54) is 18.7 Å². The summed E-state index contributed by atoms with van der Waals surface area (Å²) in [6.07, 6.45) is -9.36. The van der Waals surface area contributed by atoms with E-state index < -0.39 is 34.8 Å². The molecule has 0 unspecified atom stereocenters. The van der Waals surface area contributed by atoms with Gasteiger partial charge in [-0.15, -0.1) is 0 Å². The van der Waals surface area contributed by atoms with Gasteiger partial charge in [0.15, 0.2) is 0 Å². The van der Waals surface area contributed by atoms with Gasteiger partial charge < -0.3 is 10.2 Å². The van der Waals surface area contributed by atoms with Crippen LogP contribution in [0.15, 0.2) is 42.5 Å². The number of carbonyl (C=O) groups excluding carboxylic acids is 1. The van der Waals surface area contributed by atoms with E-state index >= 15 is 0 Å². The molecule has 2 atom stereocenters. The van der Waals surface area contributed by atoms with Crippen molar-refractivity contribution in [3.05, 3.63) is 70.3 Å². The zero-order valence-electron chi connectivity index (χ0n) is 19.4. The topological polar surface area (TPSA) is 32.3 Å². The Morgan fingerprint density at radius 2 is 1.47 bits per heavy atom. The number of halogens is 6. The van der Waals surface area contributed by atoms with Crippen molar-refractivity contribution in [3.63, 3.8) is 0 Å². The van der Waals surface area contributed by atoms with Crippen molar-refractivity contribution in [2.24, 2.45) is 0 Å². The van der Waals surface area contributed by atoms with Crippen LogP contribution in [0.2, 0.25) is 0 Å². The first kappa shape index (κ1) is 26.1. The van der Waals surface area contributed by atoms with E-state index in [4.69, 9.17) is 0 Å². The van der Waals surface area contributed by atoms with E-state index in [-0.39, 0.29) is 23.6 Å². The summed E-state index contributed by atoms with van der Waals surface area (Å²) in [6.45, 7) is 5.95. The molecular weight excluding hydrogens is 458 g/mol. The third kappa shape index (κ3) is 5.24. The largest absolute Gasteiger partial charge is 0.416 e. The number of aryl methyl sites for hydroxylation is 1. The molecule has 34 heavy (non-hydrogen) atoms. The maximum atomic E-state index is 13.6. The number of amides is 1. The van der Waals surface area contributed by atoms with E-state index in [1.54, 1.807) is 7.05 Å². The average Bonchev–Trinajstić information content (AvgIpc) is 2.77. The van der Waals surface area contributed by atoms with Gasteiger partial charge in [0.1, 0.15) is 0 Å². The Balaban J connectivity index is 2.00. The van der Waals surface area contributed by atoms with Crippen LogP contribution in [0.1, 0.15) is 54.0 Å². The Morgan fingerprint density at radius 1 is 0.941 bits per heavy atom. The minimum absolute atomic E-state index is 0.0630. The van der Waals surface area contributed by atoms with Crippen molar-refractivity contribution in [2.75, 3.05) is 20.1 Å². The fourth-order valence-corrected chi connectivity index (χ4v) is 4.66. The molecule has 0 aromatic heterocycles. The summed E-state index contributed by atoms with van der Waals surface area (Å²) >= 11 is 0. The first-order valence-electron chi connectivity index (χ1n) is 11.0. The van der Waals surface area contributed by atoms with Gasteiger partial charge in [0.2, 0.25) is 5.91 Å². The van der Waals surface area contributed by atoms with Crippen molar-refractivity contribution in [1.82, 2.24) is 10.2 Å². The monoisotopic (exact) mass is 486 g/mol. The molecule has 0 bridgehead atoms. The van der Waals surface area contributed by atoms with Gasteiger partial charge >= 0.3 is 12.4 Å². The van der Waals surface area contributed by atoms with Crippen LogP contribution in [0.5, 0.6) is 0 Å². The summed E-state index contributed by atoms with van der Waals surface area (Å²) < 4.78 is 80.3. The first-order valence-corrected chi connectivity index (χ1v) is 11.0. The maximum Gasteiger partial charge on any atom is 0.416 e. The van der Waals surface area contributed by atoms with Gasteiger partial charge in [-0.3, -0.25) is 4.79 Å². The summed E-state index contributed by atoms with van der Waals surface area (Å²) in [4.78, 5) is 15.1. The van der Waals surface area contributed by atoms with Crippen LogP contribution in [-0.2, 0) is 22.6 Å². The maximum absolute atomic E-state index is 13.6.